The first kappa shape index (κ1) is 8.28. The molecule has 0 fully saturated rings. The average Bonchev–Trinajstić information content (AvgIpc) is 2.07. The lowest BCUT2D eigenvalue weighted by molar-refractivity contribution is 0.151. The highest BCUT2D eigenvalue weighted by atomic mass is 16.5. The molecule has 11 heavy (non-hydrogen) atoms. The van der Waals surface area contributed by atoms with Gasteiger partial charge in [-0.25, -0.2) is 0 Å². The molecule has 0 saturated heterocycles. The van der Waals surface area contributed by atoms with Crippen molar-refractivity contribution in [1.82, 2.24) is 0 Å². The first-order chi connectivity index (χ1) is 5.43. The molecule has 0 N–H and O–H groups in total. The lowest BCUT2D eigenvalue weighted by atomic mass is 10.2. The fourth-order valence-corrected chi connectivity index (χ4v) is 0.922. The molecule has 0 aliphatic rings. The molecular formula is C10H13O. The van der Waals surface area contributed by atoms with Gasteiger partial charge in [0.1, 0.15) is 0 Å². The Morgan fingerprint density at radius 3 is 2.73 bits per heavy atom. The summed E-state index contributed by atoms with van der Waals surface area (Å²) >= 11 is 0. The summed E-state index contributed by atoms with van der Waals surface area (Å²) in [5.74, 6) is 0. The monoisotopic (exact) mass is 149 g/mol. The molecule has 0 saturated carbocycles. The maximum Gasteiger partial charge on any atom is 0.0506 e. The minimum atomic E-state index is 0.805. The van der Waals surface area contributed by atoms with Crippen LogP contribution in [0.25, 0.3) is 0 Å². The Balaban J connectivity index is 2.28. The normalized spacial score (nSPS) is 9.91. The Morgan fingerprint density at radius 2 is 2.09 bits per heavy atom. The first-order valence-electron chi connectivity index (χ1n) is 3.96. The van der Waals surface area contributed by atoms with Gasteiger partial charge in [0.25, 0.3) is 0 Å². The van der Waals surface area contributed by atoms with E-state index in [1.54, 1.807) is 0 Å². The van der Waals surface area contributed by atoms with Gasteiger partial charge >= 0.3 is 0 Å². The molecule has 0 aliphatic carbocycles. The maximum absolute atomic E-state index is 5.23. The van der Waals surface area contributed by atoms with Crippen LogP contribution in [0.15, 0.2) is 24.3 Å². The number of benzene rings is 1. The summed E-state index contributed by atoms with van der Waals surface area (Å²) < 4.78 is 5.23. The minimum Gasteiger partial charge on any atom is -0.381 e. The van der Waals surface area contributed by atoms with Crippen LogP contribution in [0, 0.1) is 6.07 Å². The molecule has 0 aromatic heterocycles. The van der Waals surface area contributed by atoms with Crippen LogP contribution in [0.3, 0.4) is 0 Å². The molecule has 0 amide bonds. The van der Waals surface area contributed by atoms with Crippen molar-refractivity contribution in [2.24, 2.45) is 0 Å². The molecule has 0 aliphatic heterocycles. The van der Waals surface area contributed by atoms with E-state index in [-0.39, 0.29) is 0 Å². The topological polar surface area (TPSA) is 9.23 Å². The van der Waals surface area contributed by atoms with Gasteiger partial charge in [-0.05, 0) is 25.0 Å². The van der Waals surface area contributed by atoms with E-state index in [0.717, 1.165) is 19.6 Å². The molecule has 59 valence electrons. The maximum atomic E-state index is 5.23. The van der Waals surface area contributed by atoms with Gasteiger partial charge in [-0.1, -0.05) is 24.3 Å². The lowest BCUT2D eigenvalue weighted by Gasteiger charge is -1.99. The van der Waals surface area contributed by atoms with Crippen molar-refractivity contribution in [3.05, 3.63) is 35.9 Å². The Bertz CT molecular complexity index is 181. The minimum absolute atomic E-state index is 0.805. The van der Waals surface area contributed by atoms with Crippen molar-refractivity contribution in [3.8, 4) is 0 Å². The third-order valence-corrected chi connectivity index (χ3v) is 1.53. The zero-order chi connectivity index (χ0) is 7.94. The SMILES string of the molecule is CCOCCc1cc[c]cc1. The van der Waals surface area contributed by atoms with E-state index >= 15 is 0 Å². The largest absolute Gasteiger partial charge is 0.381 e. The summed E-state index contributed by atoms with van der Waals surface area (Å²) in [6.07, 6.45) is 1.00. The molecule has 0 heterocycles. The quantitative estimate of drug-likeness (QED) is 0.595. The number of hydrogen-bond donors (Lipinski definition) is 0. The van der Waals surface area contributed by atoms with Gasteiger partial charge in [0, 0.05) is 6.61 Å². The summed E-state index contributed by atoms with van der Waals surface area (Å²) in [4.78, 5) is 0. The van der Waals surface area contributed by atoms with Crippen LogP contribution >= 0.6 is 0 Å². The van der Waals surface area contributed by atoms with Gasteiger partial charge in [0.05, 0.1) is 6.61 Å². The fourth-order valence-electron chi connectivity index (χ4n) is 0.922. The van der Waals surface area contributed by atoms with E-state index in [1.165, 1.54) is 5.56 Å². The van der Waals surface area contributed by atoms with Crippen molar-refractivity contribution in [1.29, 1.82) is 0 Å². The summed E-state index contributed by atoms with van der Waals surface area (Å²) in [5.41, 5.74) is 1.32. The second kappa shape index (κ2) is 4.91. The van der Waals surface area contributed by atoms with Crippen LogP contribution in [0.2, 0.25) is 0 Å². The molecule has 1 aromatic carbocycles. The standard InChI is InChI=1S/C10H13O/c1-2-11-9-8-10-6-4-3-5-7-10/h4-7H,2,8-9H2,1H3. The highest BCUT2D eigenvalue weighted by Gasteiger charge is 1.89. The van der Waals surface area contributed by atoms with Gasteiger partial charge in [0.15, 0.2) is 0 Å². The molecule has 0 atom stereocenters. The lowest BCUT2D eigenvalue weighted by Crippen LogP contribution is -1.97. The Morgan fingerprint density at radius 1 is 1.36 bits per heavy atom. The Hall–Kier alpha value is -0.820. The fraction of sp³-hybridized carbons (Fsp3) is 0.400. The molecular weight excluding hydrogens is 136 g/mol. The number of hydrogen-bond acceptors (Lipinski definition) is 1. The van der Waals surface area contributed by atoms with Crippen molar-refractivity contribution in [3.63, 3.8) is 0 Å². The van der Waals surface area contributed by atoms with E-state index in [2.05, 4.69) is 18.2 Å². The van der Waals surface area contributed by atoms with Crippen LogP contribution in [0.1, 0.15) is 12.5 Å². The summed E-state index contributed by atoms with van der Waals surface area (Å²) in [5, 5.41) is 0. The van der Waals surface area contributed by atoms with E-state index in [1.807, 2.05) is 19.1 Å². The summed E-state index contributed by atoms with van der Waals surface area (Å²) in [6.45, 7) is 3.64. The highest BCUT2D eigenvalue weighted by molar-refractivity contribution is 5.13. The number of ether oxygens (including phenoxy) is 1. The van der Waals surface area contributed by atoms with Gasteiger partial charge < -0.3 is 4.74 Å². The molecule has 1 aromatic rings. The van der Waals surface area contributed by atoms with Gasteiger partial charge in [-0.3, -0.25) is 0 Å². The molecule has 0 unspecified atom stereocenters. The zero-order valence-electron chi connectivity index (χ0n) is 6.84. The van der Waals surface area contributed by atoms with E-state index in [4.69, 9.17) is 4.74 Å². The summed E-state index contributed by atoms with van der Waals surface area (Å²) in [7, 11) is 0. The first-order valence-corrected chi connectivity index (χ1v) is 3.96. The molecule has 1 nitrogen and oxygen atoms in total. The Labute approximate surface area is 68.0 Å². The molecule has 0 bridgehead atoms. The summed E-state index contributed by atoms with van der Waals surface area (Å²) in [6, 6.07) is 11.0. The van der Waals surface area contributed by atoms with Gasteiger partial charge in [0.2, 0.25) is 0 Å². The zero-order valence-corrected chi connectivity index (χ0v) is 6.84. The van der Waals surface area contributed by atoms with Crippen molar-refractivity contribution < 1.29 is 4.74 Å². The van der Waals surface area contributed by atoms with Crippen LogP contribution in [0.5, 0.6) is 0 Å². The van der Waals surface area contributed by atoms with Crippen LogP contribution in [-0.4, -0.2) is 13.2 Å². The smallest absolute Gasteiger partial charge is 0.0506 e. The second-order valence-electron chi connectivity index (χ2n) is 2.36. The predicted octanol–water partition coefficient (Wildman–Crippen LogP) is 2.07. The predicted molar refractivity (Wildman–Crippen MR) is 45.5 cm³/mol. The molecule has 1 rings (SSSR count). The number of rotatable bonds is 4. The molecule has 1 radical (unpaired) electrons. The van der Waals surface area contributed by atoms with Crippen LogP contribution in [-0.2, 0) is 11.2 Å². The van der Waals surface area contributed by atoms with Crippen LogP contribution in [0.4, 0.5) is 0 Å². The third-order valence-electron chi connectivity index (χ3n) is 1.53. The van der Waals surface area contributed by atoms with E-state index in [0.29, 0.717) is 0 Å². The average molecular weight is 149 g/mol. The Kier molecular flexibility index (Phi) is 3.70. The van der Waals surface area contributed by atoms with Crippen molar-refractivity contribution >= 4 is 0 Å². The van der Waals surface area contributed by atoms with Crippen molar-refractivity contribution in [2.45, 2.75) is 13.3 Å². The second-order valence-corrected chi connectivity index (χ2v) is 2.36. The van der Waals surface area contributed by atoms with Gasteiger partial charge in [-0.15, -0.1) is 0 Å². The van der Waals surface area contributed by atoms with Crippen LogP contribution < -0.4 is 0 Å². The van der Waals surface area contributed by atoms with E-state index in [9.17, 15) is 0 Å². The third kappa shape index (κ3) is 3.19. The van der Waals surface area contributed by atoms with E-state index < -0.39 is 0 Å². The van der Waals surface area contributed by atoms with Gasteiger partial charge in [-0.2, -0.15) is 0 Å². The molecule has 0 spiro atoms. The van der Waals surface area contributed by atoms with Crippen molar-refractivity contribution in [2.75, 3.05) is 13.2 Å². The highest BCUT2D eigenvalue weighted by Crippen LogP contribution is 1.98. The molecule has 1 heteroatoms.